The Morgan fingerprint density at radius 2 is 1.72 bits per heavy atom. The van der Waals surface area contributed by atoms with Gasteiger partial charge in [-0.3, -0.25) is 9.89 Å². The monoisotopic (exact) mass is 514 g/mol. The van der Waals surface area contributed by atoms with Crippen LogP contribution in [0.1, 0.15) is 19.3 Å². The highest BCUT2D eigenvalue weighted by Gasteiger charge is 2.50. The number of ether oxygens (including phenoxy) is 2. The molecule has 0 bridgehead atoms. The zero-order chi connectivity index (χ0) is 25.5. The van der Waals surface area contributed by atoms with Gasteiger partial charge in [-0.05, 0) is 49.6 Å². The molecule has 1 aromatic heterocycles. The van der Waals surface area contributed by atoms with Gasteiger partial charge >= 0.3 is 0 Å². The Balaban J connectivity index is 1.32. The van der Waals surface area contributed by atoms with Gasteiger partial charge in [0.05, 0.1) is 30.7 Å². The van der Waals surface area contributed by atoms with Gasteiger partial charge in [0.1, 0.15) is 5.75 Å². The van der Waals surface area contributed by atoms with Crippen LogP contribution in [0, 0.1) is 11.2 Å². The van der Waals surface area contributed by atoms with Crippen LogP contribution < -0.4 is 14.4 Å². The number of methoxy groups -OCH3 is 2. The standard InChI is InChI=1S/C25H27FN4O5S/c1-34-22-6-4-19(14-21(22)26)36(32,33)29-10-7-25(8-11-29)9-12-30(24(25)31)18-3-5-20(23(13-18)35-2)17-15-27-28-16-17/h3-6,13-16H,7-12H2,1-2H3,(H,27,28). The van der Waals surface area contributed by atoms with Crippen LogP contribution in [0.5, 0.6) is 11.5 Å². The van der Waals surface area contributed by atoms with Crippen molar-refractivity contribution in [3.63, 3.8) is 0 Å². The van der Waals surface area contributed by atoms with Gasteiger partial charge < -0.3 is 14.4 Å². The SMILES string of the molecule is COc1ccc(S(=O)(=O)N2CCC3(CCN(c4ccc(-c5cn[nH]c5)c(OC)c4)C3=O)CC2)cc1F. The number of benzene rings is 2. The van der Waals surface area contributed by atoms with Gasteiger partial charge in [0.25, 0.3) is 0 Å². The Labute approximate surface area is 208 Å². The van der Waals surface area contributed by atoms with E-state index in [0.29, 0.717) is 31.6 Å². The quantitative estimate of drug-likeness (QED) is 0.540. The molecule has 3 aromatic rings. The number of hydrogen-bond acceptors (Lipinski definition) is 6. The first-order valence-corrected chi connectivity index (χ1v) is 13.1. The average molecular weight is 515 g/mol. The van der Waals surface area contributed by atoms with Crippen molar-refractivity contribution >= 4 is 21.6 Å². The lowest BCUT2D eigenvalue weighted by atomic mass is 9.77. The Morgan fingerprint density at radius 3 is 2.36 bits per heavy atom. The number of carbonyl (C=O) groups is 1. The number of sulfonamides is 1. The zero-order valence-electron chi connectivity index (χ0n) is 20.0. The molecule has 2 fully saturated rings. The summed E-state index contributed by atoms with van der Waals surface area (Å²) in [5, 5.41) is 6.77. The minimum atomic E-state index is -3.89. The first-order valence-electron chi connectivity index (χ1n) is 11.6. The van der Waals surface area contributed by atoms with Gasteiger partial charge in [0.15, 0.2) is 11.6 Å². The summed E-state index contributed by atoms with van der Waals surface area (Å²) in [6, 6.07) is 9.25. The lowest BCUT2D eigenvalue weighted by Gasteiger charge is -2.37. The minimum Gasteiger partial charge on any atom is -0.496 e. The molecule has 11 heteroatoms. The molecule has 2 saturated heterocycles. The molecule has 36 heavy (non-hydrogen) atoms. The summed E-state index contributed by atoms with van der Waals surface area (Å²) in [5.74, 6) is -0.121. The van der Waals surface area contributed by atoms with E-state index in [9.17, 15) is 17.6 Å². The lowest BCUT2D eigenvalue weighted by Crippen LogP contribution is -2.46. The molecule has 1 amide bonds. The number of nitrogens with one attached hydrogen (secondary N) is 1. The van der Waals surface area contributed by atoms with Crippen LogP contribution in [-0.2, 0) is 14.8 Å². The number of amides is 1. The largest absolute Gasteiger partial charge is 0.496 e. The summed E-state index contributed by atoms with van der Waals surface area (Å²) in [6.07, 6.45) is 4.93. The molecule has 3 heterocycles. The maximum Gasteiger partial charge on any atom is 0.243 e. The Kier molecular flexibility index (Phi) is 6.21. The fourth-order valence-electron chi connectivity index (χ4n) is 5.13. The second-order valence-electron chi connectivity index (χ2n) is 9.06. The van der Waals surface area contributed by atoms with E-state index in [2.05, 4.69) is 10.2 Å². The van der Waals surface area contributed by atoms with Crippen LogP contribution >= 0.6 is 0 Å². The van der Waals surface area contributed by atoms with Gasteiger partial charge in [0.2, 0.25) is 15.9 Å². The van der Waals surface area contributed by atoms with Crippen molar-refractivity contribution in [2.24, 2.45) is 5.41 Å². The summed E-state index contributed by atoms with van der Waals surface area (Å²) in [4.78, 5) is 15.2. The lowest BCUT2D eigenvalue weighted by molar-refractivity contribution is -0.127. The van der Waals surface area contributed by atoms with E-state index in [1.807, 2.05) is 18.2 Å². The highest BCUT2D eigenvalue weighted by Crippen LogP contribution is 2.45. The van der Waals surface area contributed by atoms with E-state index in [1.54, 1.807) is 24.4 Å². The molecular formula is C25H27FN4O5S. The molecule has 0 aliphatic carbocycles. The summed E-state index contributed by atoms with van der Waals surface area (Å²) in [7, 11) is -0.979. The number of rotatable bonds is 6. The fourth-order valence-corrected chi connectivity index (χ4v) is 6.58. The van der Waals surface area contributed by atoms with Gasteiger partial charge in [0, 0.05) is 48.7 Å². The molecule has 2 aliphatic heterocycles. The molecule has 2 aromatic carbocycles. The number of halogens is 1. The van der Waals surface area contributed by atoms with Crippen molar-refractivity contribution in [1.82, 2.24) is 14.5 Å². The zero-order valence-corrected chi connectivity index (χ0v) is 20.8. The summed E-state index contributed by atoms with van der Waals surface area (Å²) >= 11 is 0. The third-order valence-electron chi connectivity index (χ3n) is 7.26. The number of nitrogens with zero attached hydrogens (tertiary/aromatic N) is 3. The number of H-pyrrole nitrogens is 1. The van der Waals surface area contributed by atoms with E-state index in [1.165, 1.54) is 23.5 Å². The van der Waals surface area contributed by atoms with Crippen LogP contribution in [0.4, 0.5) is 10.1 Å². The molecule has 0 saturated carbocycles. The number of aromatic amines is 1. The first kappa shape index (κ1) is 24.3. The smallest absolute Gasteiger partial charge is 0.243 e. The van der Waals surface area contributed by atoms with Crippen LogP contribution in [0.2, 0.25) is 0 Å². The third-order valence-corrected chi connectivity index (χ3v) is 9.15. The molecule has 0 radical (unpaired) electrons. The normalized spacial score (nSPS) is 18.1. The molecule has 0 atom stereocenters. The molecule has 5 rings (SSSR count). The second-order valence-corrected chi connectivity index (χ2v) is 11.0. The molecule has 1 N–H and O–H groups in total. The molecule has 0 unspecified atom stereocenters. The number of aromatic nitrogens is 2. The number of hydrogen-bond donors (Lipinski definition) is 1. The van der Waals surface area contributed by atoms with Crippen molar-refractivity contribution in [3.8, 4) is 22.6 Å². The van der Waals surface area contributed by atoms with Gasteiger partial charge in [-0.15, -0.1) is 0 Å². The topological polar surface area (TPSA) is 105 Å². The van der Waals surface area contributed by atoms with Gasteiger partial charge in [-0.25, -0.2) is 12.8 Å². The van der Waals surface area contributed by atoms with E-state index in [4.69, 9.17) is 9.47 Å². The van der Waals surface area contributed by atoms with Gasteiger partial charge in [-0.1, -0.05) is 0 Å². The van der Waals surface area contributed by atoms with Crippen molar-refractivity contribution < 1.29 is 27.1 Å². The van der Waals surface area contributed by atoms with Crippen molar-refractivity contribution in [3.05, 3.63) is 54.6 Å². The Hall–Kier alpha value is -3.44. The molecule has 2 aliphatic rings. The van der Waals surface area contributed by atoms with Crippen LogP contribution in [-0.4, -0.2) is 62.7 Å². The van der Waals surface area contributed by atoms with Crippen molar-refractivity contribution in [2.45, 2.75) is 24.2 Å². The molecule has 1 spiro atoms. The molecular weight excluding hydrogens is 487 g/mol. The van der Waals surface area contributed by atoms with E-state index in [0.717, 1.165) is 22.9 Å². The number of piperidine rings is 1. The van der Waals surface area contributed by atoms with E-state index < -0.39 is 21.3 Å². The van der Waals surface area contributed by atoms with Gasteiger partial charge in [-0.2, -0.15) is 9.40 Å². The summed E-state index contributed by atoms with van der Waals surface area (Å²) in [6.45, 7) is 0.931. The van der Waals surface area contributed by atoms with Crippen molar-refractivity contribution in [2.75, 3.05) is 38.8 Å². The molecule has 190 valence electrons. The number of carbonyl (C=O) groups excluding carboxylic acids is 1. The predicted octanol–water partition coefficient (Wildman–Crippen LogP) is 3.44. The Bertz CT molecular complexity index is 1390. The van der Waals surface area contributed by atoms with Crippen LogP contribution in [0.25, 0.3) is 11.1 Å². The highest BCUT2D eigenvalue weighted by molar-refractivity contribution is 7.89. The predicted molar refractivity (Wildman–Crippen MR) is 131 cm³/mol. The Morgan fingerprint density at radius 1 is 1.00 bits per heavy atom. The third kappa shape index (κ3) is 4.01. The first-order chi connectivity index (χ1) is 17.3. The summed E-state index contributed by atoms with van der Waals surface area (Å²) in [5.41, 5.74) is 1.87. The van der Waals surface area contributed by atoms with Crippen LogP contribution in [0.3, 0.4) is 0 Å². The maximum absolute atomic E-state index is 14.1. The van der Waals surface area contributed by atoms with E-state index >= 15 is 0 Å². The maximum atomic E-state index is 14.1. The van der Waals surface area contributed by atoms with E-state index in [-0.39, 0.29) is 29.6 Å². The average Bonchev–Trinajstić information content (AvgIpc) is 3.53. The number of anilines is 1. The van der Waals surface area contributed by atoms with Crippen molar-refractivity contribution in [1.29, 1.82) is 0 Å². The minimum absolute atomic E-state index is 0.00634. The highest BCUT2D eigenvalue weighted by atomic mass is 32.2. The fraction of sp³-hybridized carbons (Fsp3) is 0.360. The second kappa shape index (κ2) is 9.21. The van der Waals surface area contributed by atoms with Crippen LogP contribution in [0.15, 0.2) is 53.7 Å². The molecule has 9 nitrogen and oxygen atoms in total. The summed E-state index contributed by atoms with van der Waals surface area (Å²) < 4.78 is 52.1.